The Morgan fingerprint density at radius 3 is 2.48 bits per heavy atom. The van der Waals surface area contributed by atoms with Crippen molar-refractivity contribution < 1.29 is 13.2 Å². The SMILES string of the molecule is Cc1cc(Br)cc2c1N(C(=O)c1ccc(N3CCCS3(=O)=O)cc1)CCC2. The van der Waals surface area contributed by atoms with Gasteiger partial charge >= 0.3 is 0 Å². The number of rotatable bonds is 2. The number of carbonyl (C=O) groups is 1. The zero-order valence-corrected chi connectivity index (χ0v) is 17.5. The van der Waals surface area contributed by atoms with E-state index in [2.05, 4.69) is 22.0 Å². The molecule has 5 nitrogen and oxygen atoms in total. The van der Waals surface area contributed by atoms with Crippen molar-refractivity contribution in [2.75, 3.05) is 28.0 Å². The van der Waals surface area contributed by atoms with Crippen molar-refractivity contribution in [2.45, 2.75) is 26.2 Å². The third-order valence-electron chi connectivity index (χ3n) is 5.19. The monoisotopic (exact) mass is 448 g/mol. The summed E-state index contributed by atoms with van der Waals surface area (Å²) in [6.45, 7) is 3.22. The van der Waals surface area contributed by atoms with Gasteiger partial charge in [0.15, 0.2) is 0 Å². The Bertz CT molecular complexity index is 1000. The molecule has 0 unspecified atom stereocenters. The molecule has 1 fully saturated rings. The predicted molar refractivity (Wildman–Crippen MR) is 111 cm³/mol. The molecule has 0 radical (unpaired) electrons. The van der Waals surface area contributed by atoms with E-state index in [9.17, 15) is 13.2 Å². The van der Waals surface area contributed by atoms with Crippen LogP contribution in [-0.4, -0.2) is 33.2 Å². The highest BCUT2D eigenvalue weighted by Crippen LogP contribution is 2.34. The average molecular weight is 449 g/mol. The Morgan fingerprint density at radius 1 is 1.07 bits per heavy atom. The van der Waals surface area contributed by atoms with Gasteiger partial charge in [-0.05, 0) is 73.7 Å². The zero-order chi connectivity index (χ0) is 19.2. The Hall–Kier alpha value is -1.86. The number of halogens is 1. The molecule has 2 aromatic rings. The second-order valence-electron chi connectivity index (χ2n) is 7.08. The van der Waals surface area contributed by atoms with Crippen molar-refractivity contribution in [2.24, 2.45) is 0 Å². The summed E-state index contributed by atoms with van der Waals surface area (Å²) in [6, 6.07) is 11.0. The van der Waals surface area contributed by atoms with Crippen LogP contribution in [0.15, 0.2) is 40.9 Å². The number of benzene rings is 2. The Labute approximate surface area is 168 Å². The smallest absolute Gasteiger partial charge is 0.258 e. The van der Waals surface area contributed by atoms with Crippen LogP contribution in [0.2, 0.25) is 0 Å². The molecular weight excluding hydrogens is 428 g/mol. The molecule has 0 bridgehead atoms. The molecule has 0 N–H and O–H groups in total. The molecule has 0 atom stereocenters. The molecule has 1 amide bonds. The summed E-state index contributed by atoms with van der Waals surface area (Å²) in [7, 11) is -3.21. The van der Waals surface area contributed by atoms with Gasteiger partial charge in [0.05, 0.1) is 17.1 Å². The molecule has 0 saturated carbocycles. The van der Waals surface area contributed by atoms with E-state index in [1.54, 1.807) is 24.3 Å². The topological polar surface area (TPSA) is 57.7 Å². The first-order valence-electron chi connectivity index (χ1n) is 9.08. The van der Waals surface area contributed by atoms with Crippen LogP contribution in [0.3, 0.4) is 0 Å². The number of carbonyl (C=O) groups excluding carboxylic acids is 1. The van der Waals surface area contributed by atoms with Gasteiger partial charge in [0, 0.05) is 23.1 Å². The molecule has 0 aliphatic carbocycles. The van der Waals surface area contributed by atoms with Crippen molar-refractivity contribution in [3.63, 3.8) is 0 Å². The van der Waals surface area contributed by atoms with Gasteiger partial charge in [0.25, 0.3) is 5.91 Å². The summed E-state index contributed by atoms with van der Waals surface area (Å²) in [4.78, 5) is 15.0. The summed E-state index contributed by atoms with van der Waals surface area (Å²) in [5.41, 5.74) is 4.46. The van der Waals surface area contributed by atoms with E-state index >= 15 is 0 Å². The molecule has 27 heavy (non-hydrogen) atoms. The van der Waals surface area contributed by atoms with Gasteiger partial charge < -0.3 is 4.90 Å². The minimum Gasteiger partial charge on any atom is -0.308 e. The number of aryl methyl sites for hydroxylation is 2. The number of nitrogens with zero attached hydrogens (tertiary/aromatic N) is 2. The van der Waals surface area contributed by atoms with E-state index in [0.29, 0.717) is 30.8 Å². The average Bonchev–Trinajstić information content (AvgIpc) is 2.99. The molecule has 2 aliphatic heterocycles. The Morgan fingerprint density at radius 2 is 1.81 bits per heavy atom. The zero-order valence-electron chi connectivity index (χ0n) is 15.1. The summed E-state index contributed by atoms with van der Waals surface area (Å²) in [5.74, 6) is 0.143. The first kappa shape index (κ1) is 18.5. The molecule has 7 heteroatoms. The second-order valence-corrected chi connectivity index (χ2v) is 10.0. The lowest BCUT2D eigenvalue weighted by Gasteiger charge is -2.31. The summed E-state index contributed by atoms with van der Waals surface area (Å²) in [6.07, 6.45) is 2.53. The van der Waals surface area contributed by atoms with Crippen LogP contribution in [0.5, 0.6) is 0 Å². The fraction of sp³-hybridized carbons (Fsp3) is 0.350. The van der Waals surface area contributed by atoms with Crippen LogP contribution < -0.4 is 9.21 Å². The summed E-state index contributed by atoms with van der Waals surface area (Å²) in [5, 5.41) is 0. The number of anilines is 2. The number of sulfonamides is 1. The third-order valence-corrected chi connectivity index (χ3v) is 7.52. The van der Waals surface area contributed by atoms with Crippen molar-refractivity contribution >= 4 is 43.2 Å². The summed E-state index contributed by atoms with van der Waals surface area (Å²) >= 11 is 3.54. The van der Waals surface area contributed by atoms with Crippen LogP contribution in [0.4, 0.5) is 11.4 Å². The minimum absolute atomic E-state index is 0.0443. The normalized spacial score (nSPS) is 18.4. The van der Waals surface area contributed by atoms with Crippen LogP contribution in [0.25, 0.3) is 0 Å². The highest BCUT2D eigenvalue weighted by molar-refractivity contribution is 9.10. The molecule has 1 saturated heterocycles. The number of hydrogen-bond acceptors (Lipinski definition) is 3. The van der Waals surface area contributed by atoms with E-state index in [-0.39, 0.29) is 11.7 Å². The maximum atomic E-state index is 13.1. The lowest BCUT2D eigenvalue weighted by molar-refractivity contribution is 0.0985. The maximum Gasteiger partial charge on any atom is 0.258 e. The molecule has 2 heterocycles. The van der Waals surface area contributed by atoms with Crippen LogP contribution in [0, 0.1) is 6.92 Å². The van der Waals surface area contributed by atoms with Crippen LogP contribution in [-0.2, 0) is 16.4 Å². The molecule has 2 aliphatic rings. The number of amides is 1. The van der Waals surface area contributed by atoms with Crippen molar-refractivity contribution in [1.29, 1.82) is 0 Å². The van der Waals surface area contributed by atoms with Gasteiger partial charge in [0.1, 0.15) is 0 Å². The number of hydrogen-bond donors (Lipinski definition) is 0. The van der Waals surface area contributed by atoms with Crippen molar-refractivity contribution in [3.8, 4) is 0 Å². The van der Waals surface area contributed by atoms with Gasteiger partial charge in [-0.2, -0.15) is 0 Å². The minimum atomic E-state index is -3.21. The van der Waals surface area contributed by atoms with Crippen molar-refractivity contribution in [3.05, 3.63) is 57.6 Å². The number of fused-ring (bicyclic) bond motifs is 1. The lowest BCUT2D eigenvalue weighted by atomic mass is 9.97. The molecular formula is C20H21BrN2O3S. The highest BCUT2D eigenvalue weighted by Gasteiger charge is 2.29. The van der Waals surface area contributed by atoms with Gasteiger partial charge in [-0.3, -0.25) is 9.10 Å². The molecule has 4 rings (SSSR count). The van der Waals surface area contributed by atoms with Gasteiger partial charge in [-0.25, -0.2) is 8.42 Å². The molecule has 0 spiro atoms. The third kappa shape index (κ3) is 3.38. The first-order chi connectivity index (χ1) is 12.9. The fourth-order valence-corrected chi connectivity index (χ4v) is 6.16. The molecule has 2 aromatic carbocycles. The highest BCUT2D eigenvalue weighted by atomic mass is 79.9. The Balaban J connectivity index is 1.63. The Kier molecular flexibility index (Phi) is 4.76. The fourth-order valence-electron chi connectivity index (χ4n) is 3.98. The van der Waals surface area contributed by atoms with E-state index in [4.69, 9.17) is 0 Å². The van der Waals surface area contributed by atoms with Gasteiger partial charge in [-0.1, -0.05) is 15.9 Å². The largest absolute Gasteiger partial charge is 0.308 e. The quantitative estimate of drug-likeness (QED) is 0.699. The van der Waals surface area contributed by atoms with E-state index in [1.807, 2.05) is 17.9 Å². The van der Waals surface area contributed by atoms with E-state index < -0.39 is 10.0 Å². The van der Waals surface area contributed by atoms with Crippen molar-refractivity contribution in [1.82, 2.24) is 0 Å². The molecule has 142 valence electrons. The lowest BCUT2D eigenvalue weighted by Crippen LogP contribution is -2.36. The van der Waals surface area contributed by atoms with Crippen LogP contribution >= 0.6 is 15.9 Å². The van der Waals surface area contributed by atoms with E-state index in [1.165, 1.54) is 9.87 Å². The maximum absolute atomic E-state index is 13.1. The predicted octanol–water partition coefficient (Wildman–Crippen LogP) is 3.89. The first-order valence-corrected chi connectivity index (χ1v) is 11.5. The van der Waals surface area contributed by atoms with Gasteiger partial charge in [-0.15, -0.1) is 0 Å². The van der Waals surface area contributed by atoms with E-state index in [0.717, 1.165) is 28.6 Å². The van der Waals surface area contributed by atoms with Crippen LogP contribution in [0.1, 0.15) is 34.3 Å². The second kappa shape index (κ2) is 6.95. The molecule has 0 aromatic heterocycles. The standard InChI is InChI=1S/C20H21BrN2O3S/c1-14-12-17(21)13-16-4-2-9-22(19(14)16)20(24)15-5-7-18(8-6-15)23-10-3-11-27(23,25)26/h5-8,12-13H,2-4,9-11H2,1H3. The summed E-state index contributed by atoms with van der Waals surface area (Å²) < 4.78 is 26.6. The van der Waals surface area contributed by atoms with Gasteiger partial charge in [0.2, 0.25) is 10.0 Å².